The number of carbonyl (C=O) groups is 1. The minimum absolute atomic E-state index is 0.238. The van der Waals surface area contributed by atoms with Gasteiger partial charge in [0.2, 0.25) is 0 Å². The van der Waals surface area contributed by atoms with E-state index in [2.05, 4.69) is 24.3 Å². The molecular formula is C41H34FN3O2S. The summed E-state index contributed by atoms with van der Waals surface area (Å²) in [5.41, 5.74) is 5.03. The lowest BCUT2D eigenvalue weighted by atomic mass is 9.89. The van der Waals surface area contributed by atoms with Crippen molar-refractivity contribution in [2.45, 2.75) is 37.6 Å². The Morgan fingerprint density at radius 2 is 1.50 bits per heavy atom. The van der Waals surface area contributed by atoms with Crippen molar-refractivity contribution in [3.63, 3.8) is 0 Å². The normalized spacial score (nSPS) is 14.3. The van der Waals surface area contributed by atoms with Crippen LogP contribution in [0.15, 0.2) is 138 Å². The number of nitrogens with zero attached hydrogens (tertiary/aromatic N) is 3. The summed E-state index contributed by atoms with van der Waals surface area (Å²) in [6.45, 7) is 3.82. The Hall–Kier alpha value is -5.27. The van der Waals surface area contributed by atoms with Crippen LogP contribution in [0.3, 0.4) is 0 Å². The first-order valence-electron chi connectivity index (χ1n) is 16.1. The van der Waals surface area contributed by atoms with Gasteiger partial charge >= 0.3 is 5.97 Å². The average molecular weight is 652 g/mol. The van der Waals surface area contributed by atoms with Crippen molar-refractivity contribution in [2.75, 3.05) is 6.61 Å². The molecule has 238 valence electrons. The predicted octanol–water partition coefficient (Wildman–Crippen LogP) is 9.15. The monoisotopic (exact) mass is 651 g/mol. The van der Waals surface area contributed by atoms with E-state index >= 15 is 4.39 Å². The van der Waals surface area contributed by atoms with E-state index in [0.29, 0.717) is 29.1 Å². The van der Waals surface area contributed by atoms with Crippen LogP contribution in [-0.2, 0) is 21.4 Å². The number of allylic oxidation sites excluding steroid dienone is 2. The fourth-order valence-electron chi connectivity index (χ4n) is 5.97. The van der Waals surface area contributed by atoms with E-state index in [-0.39, 0.29) is 17.8 Å². The summed E-state index contributed by atoms with van der Waals surface area (Å²) in [6, 6.07) is 39.1. The molecule has 0 saturated heterocycles. The van der Waals surface area contributed by atoms with Gasteiger partial charge in [0.15, 0.2) is 5.54 Å². The average Bonchev–Trinajstić information content (AvgIpc) is 3.83. The Labute approximate surface area is 283 Å². The second kappa shape index (κ2) is 13.1. The van der Waals surface area contributed by atoms with Crippen LogP contribution in [0.2, 0.25) is 0 Å². The van der Waals surface area contributed by atoms with Crippen LogP contribution in [0.4, 0.5) is 4.39 Å². The van der Waals surface area contributed by atoms with Crippen LogP contribution >= 0.6 is 11.3 Å². The molecule has 4 aromatic carbocycles. The van der Waals surface area contributed by atoms with Gasteiger partial charge in [-0.05, 0) is 62.1 Å². The van der Waals surface area contributed by atoms with Gasteiger partial charge in [0.1, 0.15) is 21.2 Å². The van der Waals surface area contributed by atoms with E-state index in [1.54, 1.807) is 19.9 Å². The molecule has 1 atom stereocenters. The summed E-state index contributed by atoms with van der Waals surface area (Å²) >= 11 is 1.38. The number of aromatic nitrogens is 2. The number of halogens is 1. The van der Waals surface area contributed by atoms with Crippen LogP contribution in [0, 0.1) is 5.82 Å². The minimum Gasteiger partial charge on any atom is -0.464 e. The predicted molar refractivity (Wildman–Crippen MR) is 191 cm³/mol. The van der Waals surface area contributed by atoms with E-state index in [9.17, 15) is 4.79 Å². The maximum Gasteiger partial charge on any atom is 0.333 e. The molecule has 7 rings (SSSR count). The van der Waals surface area contributed by atoms with Crippen LogP contribution in [0.5, 0.6) is 0 Å². The molecule has 0 bridgehead atoms. The molecule has 6 aromatic rings. The highest BCUT2D eigenvalue weighted by Gasteiger charge is 2.39. The number of aliphatic imine (C=N–C) groups is 1. The van der Waals surface area contributed by atoms with Crippen molar-refractivity contribution in [3.05, 3.63) is 167 Å². The van der Waals surface area contributed by atoms with Crippen molar-refractivity contribution in [2.24, 2.45) is 4.99 Å². The maximum absolute atomic E-state index is 15.7. The molecule has 7 heteroatoms. The van der Waals surface area contributed by atoms with Gasteiger partial charge in [-0.15, -0.1) is 0 Å². The first-order valence-corrected chi connectivity index (χ1v) is 16.9. The highest BCUT2D eigenvalue weighted by Crippen LogP contribution is 2.45. The standard InChI is InChI=1S/C41H34FN3O2S/c1-3-47-39(46)40(2,45-36(29-13-7-4-8-14-29)30-15-9-5-10-16-30)24-23-28-19-20-32(33(42)27-28)37-43-34-21-22-35(44-38(34)48-37)41(25-26-41)31-17-11-6-12-18-31/h4-22,25-27H,3,23-24H2,1-2H3. The number of fused-ring (bicyclic) bond motifs is 1. The van der Waals surface area contributed by atoms with Gasteiger partial charge in [-0.3, -0.25) is 4.99 Å². The van der Waals surface area contributed by atoms with E-state index in [1.165, 1.54) is 23.0 Å². The molecule has 0 amide bonds. The second-order valence-corrected chi connectivity index (χ2v) is 13.1. The summed E-state index contributed by atoms with van der Waals surface area (Å²) in [6.07, 6.45) is 5.06. The summed E-state index contributed by atoms with van der Waals surface area (Å²) in [5.74, 6) is -0.782. The van der Waals surface area contributed by atoms with E-state index in [4.69, 9.17) is 19.7 Å². The Morgan fingerprint density at radius 3 is 2.10 bits per heavy atom. The molecule has 2 aromatic heterocycles. The number of hydrogen-bond donors (Lipinski definition) is 0. The number of aryl methyl sites for hydroxylation is 1. The van der Waals surface area contributed by atoms with Crippen LogP contribution < -0.4 is 0 Å². The smallest absolute Gasteiger partial charge is 0.333 e. The number of thiazole rings is 1. The summed E-state index contributed by atoms with van der Waals surface area (Å²) in [7, 11) is 0. The number of ether oxygens (including phenoxy) is 1. The fraction of sp³-hybridized carbons (Fsp3) is 0.171. The molecule has 2 heterocycles. The van der Waals surface area contributed by atoms with Crippen LogP contribution in [0.1, 0.15) is 48.2 Å². The molecule has 1 aliphatic rings. The van der Waals surface area contributed by atoms with Crippen molar-refractivity contribution in [1.82, 2.24) is 9.97 Å². The van der Waals surface area contributed by atoms with Crippen molar-refractivity contribution < 1.29 is 13.9 Å². The number of rotatable bonds is 11. The lowest BCUT2D eigenvalue weighted by molar-refractivity contribution is -0.149. The number of pyridine rings is 1. The summed E-state index contributed by atoms with van der Waals surface area (Å²) in [4.78, 5) is 28.9. The Morgan fingerprint density at radius 1 is 0.854 bits per heavy atom. The van der Waals surface area contributed by atoms with Gasteiger partial charge in [-0.1, -0.05) is 121 Å². The molecular weight excluding hydrogens is 618 g/mol. The summed E-state index contributed by atoms with van der Waals surface area (Å²) in [5, 5.41) is 0.576. The van der Waals surface area contributed by atoms with Gasteiger partial charge in [0.25, 0.3) is 0 Å². The first kappa shape index (κ1) is 31.3. The maximum atomic E-state index is 15.7. The van der Waals surface area contributed by atoms with Gasteiger partial charge in [0.05, 0.1) is 23.4 Å². The summed E-state index contributed by atoms with van der Waals surface area (Å²) < 4.78 is 21.3. The van der Waals surface area contributed by atoms with E-state index in [1.807, 2.05) is 97.1 Å². The Bertz CT molecular complexity index is 2100. The SMILES string of the molecule is CCOC(=O)C(C)(CCc1ccc(-c2nc3ccc(C4(c5ccccc5)C=C4)nc3s2)c(F)c1)N=C(c1ccccc1)c1ccccc1. The van der Waals surface area contributed by atoms with Gasteiger partial charge in [-0.2, -0.15) is 0 Å². The molecule has 1 aliphatic carbocycles. The molecule has 1 unspecified atom stereocenters. The van der Waals surface area contributed by atoms with Crippen LogP contribution in [-0.4, -0.2) is 33.8 Å². The van der Waals surface area contributed by atoms with Crippen molar-refractivity contribution in [1.29, 1.82) is 0 Å². The third kappa shape index (κ3) is 6.21. The third-order valence-electron chi connectivity index (χ3n) is 8.76. The Kier molecular flexibility index (Phi) is 8.54. The number of hydrogen-bond acceptors (Lipinski definition) is 6. The second-order valence-electron chi connectivity index (χ2n) is 12.1. The zero-order valence-corrected chi connectivity index (χ0v) is 27.6. The number of esters is 1. The van der Waals surface area contributed by atoms with Crippen LogP contribution in [0.25, 0.3) is 20.9 Å². The first-order chi connectivity index (χ1) is 23.4. The molecule has 5 nitrogen and oxygen atoms in total. The number of benzene rings is 4. The van der Waals surface area contributed by atoms with E-state index < -0.39 is 11.5 Å². The topological polar surface area (TPSA) is 64.4 Å². The zero-order chi connectivity index (χ0) is 33.1. The highest BCUT2D eigenvalue weighted by atomic mass is 32.1. The largest absolute Gasteiger partial charge is 0.464 e. The highest BCUT2D eigenvalue weighted by molar-refractivity contribution is 7.21. The lowest BCUT2D eigenvalue weighted by Gasteiger charge is -2.25. The zero-order valence-electron chi connectivity index (χ0n) is 26.8. The fourth-order valence-corrected chi connectivity index (χ4v) is 6.94. The van der Waals surface area contributed by atoms with Gasteiger partial charge < -0.3 is 4.74 Å². The molecule has 0 aliphatic heterocycles. The molecule has 48 heavy (non-hydrogen) atoms. The molecule has 0 N–H and O–H groups in total. The van der Waals surface area contributed by atoms with E-state index in [0.717, 1.165) is 32.7 Å². The number of carbonyl (C=O) groups excluding carboxylic acids is 1. The molecule has 0 saturated carbocycles. The minimum atomic E-state index is -1.20. The third-order valence-corrected chi connectivity index (χ3v) is 9.76. The molecule has 0 radical (unpaired) electrons. The van der Waals surface area contributed by atoms with Gasteiger partial charge in [-0.25, -0.2) is 19.2 Å². The quantitative estimate of drug-likeness (QED) is 0.0796. The van der Waals surface area contributed by atoms with Gasteiger partial charge in [0, 0.05) is 16.7 Å². The molecule has 0 spiro atoms. The Balaban J connectivity index is 1.15. The lowest BCUT2D eigenvalue weighted by Crippen LogP contribution is -2.37. The van der Waals surface area contributed by atoms with Crippen molar-refractivity contribution in [3.8, 4) is 10.6 Å². The van der Waals surface area contributed by atoms with Crippen molar-refractivity contribution >= 4 is 33.4 Å². The molecule has 0 fully saturated rings.